The second-order valence-electron chi connectivity index (χ2n) is 5.44. The molecule has 0 spiro atoms. The summed E-state index contributed by atoms with van der Waals surface area (Å²) in [5, 5.41) is 0. The minimum atomic E-state index is -0.252. The van der Waals surface area contributed by atoms with Gasteiger partial charge in [0.05, 0.1) is 13.0 Å². The monoisotopic (exact) mass is 288 g/mol. The topological polar surface area (TPSA) is 35.5 Å². The van der Waals surface area contributed by atoms with Gasteiger partial charge in [-0.2, -0.15) is 0 Å². The molecular formula is C18H24O3. The van der Waals surface area contributed by atoms with Crippen LogP contribution in [0.15, 0.2) is 48.6 Å². The van der Waals surface area contributed by atoms with Crippen molar-refractivity contribution in [3.63, 3.8) is 0 Å². The van der Waals surface area contributed by atoms with Gasteiger partial charge in [-0.25, -0.2) is 0 Å². The zero-order valence-corrected chi connectivity index (χ0v) is 13.1. The molecule has 0 bridgehead atoms. The number of benzene rings is 1. The van der Waals surface area contributed by atoms with E-state index in [0.29, 0.717) is 12.8 Å². The highest BCUT2D eigenvalue weighted by Gasteiger charge is 2.22. The van der Waals surface area contributed by atoms with Crippen LogP contribution in [0.4, 0.5) is 0 Å². The lowest BCUT2D eigenvalue weighted by molar-refractivity contribution is -0.147. The first-order valence-electron chi connectivity index (χ1n) is 7.01. The van der Waals surface area contributed by atoms with Gasteiger partial charge in [0.25, 0.3) is 0 Å². The van der Waals surface area contributed by atoms with Crippen LogP contribution in [0.25, 0.3) is 0 Å². The molecule has 0 N–H and O–H groups in total. The molecule has 0 saturated heterocycles. The van der Waals surface area contributed by atoms with Crippen molar-refractivity contribution in [2.75, 3.05) is 13.7 Å². The fourth-order valence-corrected chi connectivity index (χ4v) is 2.11. The smallest absolute Gasteiger partial charge is 0.309 e. The Bertz CT molecular complexity index is 517. The summed E-state index contributed by atoms with van der Waals surface area (Å²) in [4.78, 5) is 12.2. The molecule has 0 unspecified atom stereocenters. The van der Waals surface area contributed by atoms with Crippen LogP contribution in [-0.4, -0.2) is 19.7 Å². The van der Waals surface area contributed by atoms with Crippen molar-refractivity contribution in [1.82, 2.24) is 0 Å². The van der Waals surface area contributed by atoms with Crippen LogP contribution in [0.3, 0.4) is 0 Å². The van der Waals surface area contributed by atoms with Crippen molar-refractivity contribution < 1.29 is 14.3 Å². The van der Waals surface area contributed by atoms with Gasteiger partial charge in [-0.1, -0.05) is 30.4 Å². The Morgan fingerprint density at radius 1 is 1.19 bits per heavy atom. The number of ether oxygens (including phenoxy) is 2. The molecule has 0 radical (unpaired) electrons. The third-order valence-corrected chi connectivity index (χ3v) is 3.05. The zero-order chi connectivity index (χ0) is 15.8. The quantitative estimate of drug-likeness (QED) is 0.537. The molecule has 1 aromatic carbocycles. The van der Waals surface area contributed by atoms with Crippen molar-refractivity contribution in [2.24, 2.45) is 5.92 Å². The molecule has 0 aromatic heterocycles. The zero-order valence-electron chi connectivity index (χ0n) is 13.1. The Morgan fingerprint density at radius 2 is 1.86 bits per heavy atom. The number of para-hydroxylation sites is 1. The van der Waals surface area contributed by atoms with E-state index in [2.05, 4.69) is 13.2 Å². The number of methoxy groups -OCH3 is 1. The number of hydrogen-bond donors (Lipinski definition) is 0. The van der Waals surface area contributed by atoms with Crippen LogP contribution in [0.5, 0.6) is 5.75 Å². The number of carbonyl (C=O) groups is 1. The average Bonchev–Trinajstić information content (AvgIpc) is 2.44. The number of esters is 1. The lowest BCUT2D eigenvalue weighted by Crippen LogP contribution is -2.21. The predicted octanol–water partition coefficient (Wildman–Crippen LogP) is 3.94. The van der Waals surface area contributed by atoms with Crippen molar-refractivity contribution in [3.8, 4) is 5.75 Å². The van der Waals surface area contributed by atoms with E-state index < -0.39 is 0 Å². The number of rotatable bonds is 8. The van der Waals surface area contributed by atoms with Gasteiger partial charge in [0.1, 0.15) is 12.4 Å². The highest BCUT2D eigenvalue weighted by atomic mass is 16.5. The summed E-state index contributed by atoms with van der Waals surface area (Å²) in [7, 11) is 1.63. The van der Waals surface area contributed by atoms with E-state index in [9.17, 15) is 4.79 Å². The molecule has 3 nitrogen and oxygen atoms in total. The first-order chi connectivity index (χ1) is 9.93. The van der Waals surface area contributed by atoms with Crippen molar-refractivity contribution in [2.45, 2.75) is 26.7 Å². The Morgan fingerprint density at radius 3 is 2.43 bits per heavy atom. The van der Waals surface area contributed by atoms with E-state index in [-0.39, 0.29) is 18.5 Å². The Balaban J connectivity index is 2.84. The van der Waals surface area contributed by atoms with Crippen LogP contribution in [0.2, 0.25) is 0 Å². The summed E-state index contributed by atoms with van der Waals surface area (Å²) in [6.45, 7) is 11.7. The summed E-state index contributed by atoms with van der Waals surface area (Å²) in [5.41, 5.74) is 2.79. The second kappa shape index (κ2) is 8.30. The molecule has 0 saturated carbocycles. The fraction of sp³-hybridized carbons (Fsp3) is 0.389. The van der Waals surface area contributed by atoms with Crippen LogP contribution in [-0.2, 0) is 16.0 Å². The summed E-state index contributed by atoms with van der Waals surface area (Å²) in [6, 6.07) is 7.72. The minimum absolute atomic E-state index is 0.216. The van der Waals surface area contributed by atoms with Crippen molar-refractivity contribution >= 4 is 5.97 Å². The first-order valence-corrected chi connectivity index (χ1v) is 7.01. The van der Waals surface area contributed by atoms with Gasteiger partial charge in [0.15, 0.2) is 0 Å². The van der Waals surface area contributed by atoms with Gasteiger partial charge < -0.3 is 9.47 Å². The van der Waals surface area contributed by atoms with Gasteiger partial charge >= 0.3 is 5.97 Å². The van der Waals surface area contributed by atoms with Gasteiger partial charge in [-0.05, 0) is 43.9 Å². The molecule has 0 aliphatic heterocycles. The normalized spacial score (nSPS) is 11.6. The maximum atomic E-state index is 12.2. The number of carbonyl (C=O) groups excluding carboxylic acids is 1. The largest absolute Gasteiger partial charge is 0.496 e. The lowest BCUT2D eigenvalue weighted by atomic mass is 9.93. The Labute approximate surface area is 127 Å². The van der Waals surface area contributed by atoms with Gasteiger partial charge in [0, 0.05) is 0 Å². The van der Waals surface area contributed by atoms with Crippen LogP contribution < -0.4 is 4.74 Å². The van der Waals surface area contributed by atoms with E-state index in [0.717, 1.165) is 22.5 Å². The van der Waals surface area contributed by atoms with Gasteiger partial charge in [-0.3, -0.25) is 4.79 Å². The highest BCUT2D eigenvalue weighted by molar-refractivity contribution is 5.73. The molecule has 0 aliphatic carbocycles. The molecule has 0 fully saturated rings. The van der Waals surface area contributed by atoms with Gasteiger partial charge in [-0.15, -0.1) is 6.58 Å². The summed E-state index contributed by atoms with van der Waals surface area (Å²) in [5.74, 6) is 0.321. The molecule has 1 atom stereocenters. The van der Waals surface area contributed by atoms with Crippen LogP contribution in [0, 0.1) is 5.92 Å². The van der Waals surface area contributed by atoms with Crippen LogP contribution >= 0.6 is 0 Å². The maximum absolute atomic E-state index is 12.2. The number of hydrogen-bond acceptors (Lipinski definition) is 3. The highest BCUT2D eigenvalue weighted by Crippen LogP contribution is 2.24. The molecule has 3 heteroatoms. The Kier molecular flexibility index (Phi) is 6.73. The summed E-state index contributed by atoms with van der Waals surface area (Å²) >= 11 is 0. The first kappa shape index (κ1) is 17.0. The van der Waals surface area contributed by atoms with Crippen molar-refractivity contribution in [1.29, 1.82) is 0 Å². The van der Waals surface area contributed by atoms with Crippen molar-refractivity contribution in [3.05, 3.63) is 54.1 Å². The van der Waals surface area contributed by atoms with E-state index in [1.165, 1.54) is 0 Å². The average molecular weight is 288 g/mol. The SMILES string of the molecule is C=C(C)COC(=O)[C@H](CC(=C)C)Cc1ccccc1OC. The summed E-state index contributed by atoms with van der Waals surface area (Å²) < 4.78 is 10.6. The molecular weight excluding hydrogens is 264 g/mol. The molecule has 0 aliphatic rings. The molecule has 21 heavy (non-hydrogen) atoms. The molecule has 114 valence electrons. The van der Waals surface area contributed by atoms with Crippen LogP contribution in [0.1, 0.15) is 25.8 Å². The third kappa shape index (κ3) is 5.86. The maximum Gasteiger partial charge on any atom is 0.309 e. The third-order valence-electron chi connectivity index (χ3n) is 3.05. The number of allylic oxidation sites excluding steroid dienone is 1. The van der Waals surface area contributed by atoms with E-state index in [1.54, 1.807) is 7.11 Å². The molecule has 1 aromatic rings. The van der Waals surface area contributed by atoms with E-state index >= 15 is 0 Å². The molecule has 0 heterocycles. The molecule has 0 amide bonds. The second-order valence-corrected chi connectivity index (χ2v) is 5.44. The van der Waals surface area contributed by atoms with Gasteiger partial charge in [0.2, 0.25) is 0 Å². The van der Waals surface area contributed by atoms with E-state index in [1.807, 2.05) is 38.1 Å². The summed E-state index contributed by atoms with van der Waals surface area (Å²) in [6.07, 6.45) is 1.18. The Hall–Kier alpha value is -2.03. The van der Waals surface area contributed by atoms with E-state index in [4.69, 9.17) is 9.47 Å². The standard InChI is InChI=1S/C18H24O3/c1-13(2)10-16(18(19)21-12-14(3)4)11-15-8-6-7-9-17(15)20-5/h6-9,16H,1,3,10-12H2,2,4-5H3/t16-/m1/s1. The minimum Gasteiger partial charge on any atom is -0.496 e. The fourth-order valence-electron chi connectivity index (χ4n) is 2.11. The predicted molar refractivity (Wildman–Crippen MR) is 85.4 cm³/mol. The lowest BCUT2D eigenvalue weighted by Gasteiger charge is -2.17. The molecule has 1 rings (SSSR count).